The molecule has 1 unspecified atom stereocenters. The van der Waals surface area contributed by atoms with Crippen molar-refractivity contribution in [1.82, 2.24) is 5.32 Å². The Bertz CT molecular complexity index is 394. The standard InChI is InChI=1S/C12H15BrClNO2/c13-10-1-2-11(14)9(5-10)6-15-7-12(16)3-4-17-8-12/h1-2,5,15-16H,3-4,6-8H2. The predicted molar refractivity (Wildman–Crippen MR) is 71.2 cm³/mol. The van der Waals surface area contributed by atoms with Crippen LogP contribution in [0.15, 0.2) is 22.7 Å². The molecule has 1 heterocycles. The van der Waals surface area contributed by atoms with E-state index in [0.29, 0.717) is 32.7 Å². The fraction of sp³-hybridized carbons (Fsp3) is 0.500. The zero-order chi connectivity index (χ0) is 12.3. The summed E-state index contributed by atoms with van der Waals surface area (Å²) in [5.74, 6) is 0. The van der Waals surface area contributed by atoms with Gasteiger partial charge in [0, 0.05) is 35.6 Å². The lowest BCUT2D eigenvalue weighted by molar-refractivity contribution is 0.0268. The molecule has 1 aliphatic rings. The zero-order valence-corrected chi connectivity index (χ0v) is 11.7. The molecule has 0 radical (unpaired) electrons. The van der Waals surface area contributed by atoms with E-state index < -0.39 is 5.60 Å². The van der Waals surface area contributed by atoms with Gasteiger partial charge in [-0.25, -0.2) is 0 Å². The van der Waals surface area contributed by atoms with Crippen LogP contribution < -0.4 is 5.32 Å². The summed E-state index contributed by atoms with van der Waals surface area (Å²) in [6.07, 6.45) is 0.687. The molecule has 0 aromatic heterocycles. The Kier molecular flexibility index (Phi) is 4.44. The summed E-state index contributed by atoms with van der Waals surface area (Å²) in [5, 5.41) is 14.0. The van der Waals surface area contributed by atoms with Crippen molar-refractivity contribution in [2.45, 2.75) is 18.6 Å². The first-order chi connectivity index (χ1) is 8.09. The van der Waals surface area contributed by atoms with Crippen molar-refractivity contribution in [2.75, 3.05) is 19.8 Å². The molecule has 2 rings (SSSR count). The quantitative estimate of drug-likeness (QED) is 0.895. The molecule has 0 bridgehead atoms. The average molecular weight is 321 g/mol. The zero-order valence-electron chi connectivity index (χ0n) is 9.38. The van der Waals surface area contributed by atoms with Crippen LogP contribution in [0.4, 0.5) is 0 Å². The van der Waals surface area contributed by atoms with Crippen LogP contribution in [0.5, 0.6) is 0 Å². The Morgan fingerprint density at radius 2 is 2.35 bits per heavy atom. The first kappa shape index (κ1) is 13.3. The van der Waals surface area contributed by atoms with E-state index in [0.717, 1.165) is 15.1 Å². The van der Waals surface area contributed by atoms with Crippen molar-refractivity contribution in [3.05, 3.63) is 33.3 Å². The number of halogens is 2. The van der Waals surface area contributed by atoms with Gasteiger partial charge in [0.25, 0.3) is 0 Å². The third kappa shape index (κ3) is 3.66. The smallest absolute Gasteiger partial charge is 0.102 e. The van der Waals surface area contributed by atoms with Crippen molar-refractivity contribution < 1.29 is 9.84 Å². The van der Waals surface area contributed by atoms with Crippen LogP contribution >= 0.6 is 27.5 Å². The maximum atomic E-state index is 10.1. The SMILES string of the molecule is OC1(CNCc2cc(Br)ccc2Cl)CCOC1. The molecule has 1 aliphatic heterocycles. The van der Waals surface area contributed by atoms with Gasteiger partial charge < -0.3 is 15.2 Å². The molecule has 17 heavy (non-hydrogen) atoms. The van der Waals surface area contributed by atoms with Gasteiger partial charge in [-0.1, -0.05) is 27.5 Å². The molecule has 2 N–H and O–H groups in total. The lowest BCUT2D eigenvalue weighted by Gasteiger charge is -2.20. The average Bonchev–Trinajstić information content (AvgIpc) is 2.71. The van der Waals surface area contributed by atoms with E-state index in [1.165, 1.54) is 0 Å². The minimum atomic E-state index is -0.724. The first-order valence-corrected chi connectivity index (χ1v) is 6.71. The van der Waals surface area contributed by atoms with E-state index in [1.807, 2.05) is 18.2 Å². The molecular formula is C12H15BrClNO2. The van der Waals surface area contributed by atoms with Gasteiger partial charge >= 0.3 is 0 Å². The van der Waals surface area contributed by atoms with Gasteiger partial charge in [-0.15, -0.1) is 0 Å². The number of rotatable bonds is 4. The van der Waals surface area contributed by atoms with E-state index in [-0.39, 0.29) is 0 Å². The number of ether oxygens (including phenoxy) is 1. The van der Waals surface area contributed by atoms with Crippen LogP contribution in [-0.4, -0.2) is 30.5 Å². The van der Waals surface area contributed by atoms with Crippen molar-refractivity contribution in [3.63, 3.8) is 0 Å². The van der Waals surface area contributed by atoms with Crippen LogP contribution in [0, 0.1) is 0 Å². The molecule has 1 fully saturated rings. The maximum absolute atomic E-state index is 10.1. The monoisotopic (exact) mass is 319 g/mol. The normalized spacial score (nSPS) is 24.2. The van der Waals surface area contributed by atoms with E-state index in [4.69, 9.17) is 16.3 Å². The van der Waals surface area contributed by atoms with Crippen LogP contribution in [-0.2, 0) is 11.3 Å². The fourth-order valence-corrected chi connectivity index (χ4v) is 2.44. The largest absolute Gasteiger partial charge is 0.386 e. The van der Waals surface area contributed by atoms with Crippen molar-refractivity contribution in [2.24, 2.45) is 0 Å². The van der Waals surface area contributed by atoms with Crippen LogP contribution in [0.2, 0.25) is 5.02 Å². The Hall–Kier alpha value is -0.130. The van der Waals surface area contributed by atoms with E-state index in [2.05, 4.69) is 21.2 Å². The second-order valence-electron chi connectivity index (χ2n) is 4.37. The summed E-state index contributed by atoms with van der Waals surface area (Å²) in [6, 6.07) is 5.74. The summed E-state index contributed by atoms with van der Waals surface area (Å²) >= 11 is 9.49. The Morgan fingerprint density at radius 3 is 3.06 bits per heavy atom. The van der Waals surface area contributed by atoms with Gasteiger partial charge in [0.05, 0.1) is 6.61 Å². The van der Waals surface area contributed by atoms with Gasteiger partial charge in [0.1, 0.15) is 5.60 Å². The summed E-state index contributed by atoms with van der Waals surface area (Å²) in [5.41, 5.74) is 0.293. The van der Waals surface area contributed by atoms with Gasteiger partial charge in [-0.05, 0) is 23.8 Å². The highest BCUT2D eigenvalue weighted by molar-refractivity contribution is 9.10. The van der Waals surface area contributed by atoms with Gasteiger partial charge in [-0.2, -0.15) is 0 Å². The lowest BCUT2D eigenvalue weighted by Crippen LogP contribution is -2.40. The summed E-state index contributed by atoms with van der Waals surface area (Å²) in [4.78, 5) is 0. The molecule has 5 heteroatoms. The predicted octanol–water partition coefficient (Wildman–Crippen LogP) is 2.34. The Balaban J connectivity index is 1.87. The molecule has 94 valence electrons. The van der Waals surface area contributed by atoms with Gasteiger partial charge in [0.2, 0.25) is 0 Å². The van der Waals surface area contributed by atoms with Gasteiger partial charge in [-0.3, -0.25) is 0 Å². The van der Waals surface area contributed by atoms with Crippen molar-refractivity contribution >= 4 is 27.5 Å². The molecular weight excluding hydrogens is 305 g/mol. The van der Waals surface area contributed by atoms with Crippen LogP contribution in [0.1, 0.15) is 12.0 Å². The molecule has 0 aliphatic carbocycles. The number of benzene rings is 1. The third-order valence-corrected chi connectivity index (χ3v) is 3.72. The minimum Gasteiger partial charge on any atom is -0.386 e. The highest BCUT2D eigenvalue weighted by atomic mass is 79.9. The Labute approximate surface area is 114 Å². The fourth-order valence-electron chi connectivity index (χ4n) is 1.84. The van der Waals surface area contributed by atoms with Crippen molar-refractivity contribution in [1.29, 1.82) is 0 Å². The van der Waals surface area contributed by atoms with Crippen LogP contribution in [0.3, 0.4) is 0 Å². The Morgan fingerprint density at radius 1 is 1.53 bits per heavy atom. The molecule has 3 nitrogen and oxygen atoms in total. The highest BCUT2D eigenvalue weighted by Gasteiger charge is 2.31. The first-order valence-electron chi connectivity index (χ1n) is 5.54. The second kappa shape index (κ2) is 5.67. The summed E-state index contributed by atoms with van der Waals surface area (Å²) in [6.45, 7) is 2.21. The number of aliphatic hydroxyl groups is 1. The lowest BCUT2D eigenvalue weighted by atomic mass is 10.0. The molecule has 0 spiro atoms. The minimum absolute atomic E-state index is 0.409. The summed E-state index contributed by atoms with van der Waals surface area (Å²) in [7, 11) is 0. The van der Waals surface area contributed by atoms with Crippen LogP contribution in [0.25, 0.3) is 0 Å². The highest BCUT2D eigenvalue weighted by Crippen LogP contribution is 2.21. The molecule has 1 aromatic carbocycles. The topological polar surface area (TPSA) is 41.5 Å². The van der Waals surface area contributed by atoms with E-state index >= 15 is 0 Å². The summed E-state index contributed by atoms with van der Waals surface area (Å²) < 4.78 is 6.18. The molecule has 1 atom stereocenters. The van der Waals surface area contributed by atoms with Gasteiger partial charge in [0.15, 0.2) is 0 Å². The number of hydrogen-bond acceptors (Lipinski definition) is 3. The van der Waals surface area contributed by atoms with E-state index in [1.54, 1.807) is 0 Å². The molecule has 0 amide bonds. The number of nitrogens with one attached hydrogen (secondary N) is 1. The maximum Gasteiger partial charge on any atom is 0.102 e. The van der Waals surface area contributed by atoms with E-state index in [9.17, 15) is 5.11 Å². The molecule has 0 saturated carbocycles. The molecule has 1 aromatic rings. The number of hydrogen-bond donors (Lipinski definition) is 2. The second-order valence-corrected chi connectivity index (χ2v) is 5.69. The van der Waals surface area contributed by atoms with Crippen molar-refractivity contribution in [3.8, 4) is 0 Å². The molecule has 1 saturated heterocycles. The third-order valence-electron chi connectivity index (χ3n) is 2.86.